The molecule has 0 fully saturated rings. The van der Waals surface area contributed by atoms with Crippen molar-refractivity contribution in [2.45, 2.75) is 6.92 Å². The molecule has 116 valence electrons. The molecule has 0 radical (unpaired) electrons. The highest BCUT2D eigenvalue weighted by atomic mass is 16.6. The molecule has 2 heterocycles. The van der Waals surface area contributed by atoms with Crippen molar-refractivity contribution in [3.8, 4) is 11.6 Å². The lowest BCUT2D eigenvalue weighted by atomic mass is 10.4. The second-order valence-corrected chi connectivity index (χ2v) is 4.20. The fourth-order valence-electron chi connectivity index (χ4n) is 1.87. The summed E-state index contributed by atoms with van der Waals surface area (Å²) in [7, 11) is 0. The molecule has 1 N–H and O–H groups in total. The molecule has 2 aromatic rings. The zero-order valence-corrected chi connectivity index (χ0v) is 11.9. The van der Waals surface area contributed by atoms with E-state index in [9.17, 15) is 10.1 Å². The second-order valence-electron chi connectivity index (χ2n) is 4.20. The number of ether oxygens (including phenoxy) is 1. The summed E-state index contributed by atoms with van der Waals surface area (Å²) in [5.41, 5.74) is -0.346. The summed E-state index contributed by atoms with van der Waals surface area (Å²) in [6.07, 6.45) is 4.18. The van der Waals surface area contributed by atoms with Crippen LogP contribution in [0.1, 0.15) is 6.92 Å². The predicted octanol–water partition coefficient (Wildman–Crippen LogP) is 1.39. The predicted molar refractivity (Wildman–Crippen MR) is 78.0 cm³/mol. The molecule has 0 aliphatic heterocycles. The zero-order chi connectivity index (χ0) is 15.9. The lowest BCUT2D eigenvalue weighted by Crippen LogP contribution is -2.28. The van der Waals surface area contributed by atoms with Crippen molar-refractivity contribution in [2.24, 2.45) is 0 Å². The van der Waals surface area contributed by atoms with Gasteiger partial charge in [-0.1, -0.05) is 0 Å². The summed E-state index contributed by atoms with van der Waals surface area (Å²) in [6, 6.07) is 3.26. The summed E-state index contributed by atoms with van der Waals surface area (Å²) < 4.78 is 5.44. The molecule has 2 rings (SSSR count). The monoisotopic (exact) mass is 305 g/mol. The Hall–Kier alpha value is -2.81. The highest BCUT2D eigenvalue weighted by Gasteiger charge is 2.28. The summed E-state index contributed by atoms with van der Waals surface area (Å²) in [4.78, 5) is 24.1. The number of likely N-dealkylation sites (N-methyl/N-ethyl adjacent to an activating group) is 1. The Morgan fingerprint density at radius 2 is 2.27 bits per heavy atom. The van der Waals surface area contributed by atoms with Gasteiger partial charge >= 0.3 is 11.6 Å². The van der Waals surface area contributed by atoms with Crippen LogP contribution in [0.5, 0.6) is 11.6 Å². The van der Waals surface area contributed by atoms with Gasteiger partial charge in [-0.2, -0.15) is 4.98 Å². The van der Waals surface area contributed by atoms with E-state index in [0.717, 1.165) is 0 Å². The maximum Gasteiger partial charge on any atom is 0.373 e. The van der Waals surface area contributed by atoms with Crippen molar-refractivity contribution < 1.29 is 14.8 Å². The van der Waals surface area contributed by atoms with Crippen molar-refractivity contribution in [1.29, 1.82) is 0 Å². The van der Waals surface area contributed by atoms with Gasteiger partial charge in [0.2, 0.25) is 5.82 Å². The fourth-order valence-corrected chi connectivity index (χ4v) is 1.87. The van der Waals surface area contributed by atoms with E-state index in [2.05, 4.69) is 15.0 Å². The maximum atomic E-state index is 11.4. The van der Waals surface area contributed by atoms with Crippen LogP contribution in [0.25, 0.3) is 0 Å². The van der Waals surface area contributed by atoms with Gasteiger partial charge in [-0.3, -0.25) is 15.1 Å². The van der Waals surface area contributed by atoms with Gasteiger partial charge in [0.1, 0.15) is 12.1 Å². The Kier molecular flexibility index (Phi) is 5.15. The normalized spacial score (nSPS) is 10.3. The fraction of sp³-hybridized carbons (Fsp3) is 0.308. The van der Waals surface area contributed by atoms with Gasteiger partial charge < -0.3 is 14.7 Å². The largest absolute Gasteiger partial charge is 0.432 e. The SMILES string of the molecule is CCN(CCO)c1ncnc(Oc2cccnc2)c1[N+](=O)[O-]. The molecule has 22 heavy (non-hydrogen) atoms. The van der Waals surface area contributed by atoms with Crippen LogP contribution in [0, 0.1) is 10.1 Å². The number of aliphatic hydroxyl groups excluding tert-OH is 1. The van der Waals surface area contributed by atoms with Gasteiger partial charge in [-0.25, -0.2) is 4.98 Å². The van der Waals surface area contributed by atoms with Crippen LogP contribution in [0.2, 0.25) is 0 Å². The number of nitro groups is 1. The average Bonchev–Trinajstić information content (AvgIpc) is 2.53. The zero-order valence-electron chi connectivity index (χ0n) is 11.9. The Labute approximate surface area is 126 Å². The van der Waals surface area contributed by atoms with E-state index < -0.39 is 4.92 Å². The van der Waals surface area contributed by atoms with Crippen LogP contribution in [0.4, 0.5) is 11.5 Å². The number of rotatable bonds is 7. The van der Waals surface area contributed by atoms with Crippen molar-refractivity contribution in [2.75, 3.05) is 24.6 Å². The third kappa shape index (κ3) is 3.44. The highest BCUT2D eigenvalue weighted by molar-refractivity contribution is 5.63. The Morgan fingerprint density at radius 1 is 1.45 bits per heavy atom. The summed E-state index contributed by atoms with van der Waals surface area (Å²) >= 11 is 0. The topological polar surface area (TPSA) is 115 Å². The number of pyridine rings is 1. The molecule has 0 atom stereocenters. The lowest BCUT2D eigenvalue weighted by molar-refractivity contribution is -0.385. The van der Waals surface area contributed by atoms with Crippen molar-refractivity contribution in [3.05, 3.63) is 41.0 Å². The Morgan fingerprint density at radius 3 is 2.86 bits per heavy atom. The van der Waals surface area contributed by atoms with Gasteiger partial charge in [-0.15, -0.1) is 0 Å². The van der Waals surface area contributed by atoms with Gasteiger partial charge in [0.05, 0.1) is 17.7 Å². The van der Waals surface area contributed by atoms with Crippen LogP contribution in [-0.4, -0.2) is 44.7 Å². The van der Waals surface area contributed by atoms with E-state index in [4.69, 9.17) is 9.84 Å². The molecule has 0 saturated heterocycles. The number of aromatic nitrogens is 3. The van der Waals surface area contributed by atoms with E-state index in [-0.39, 0.29) is 30.5 Å². The maximum absolute atomic E-state index is 11.4. The molecular weight excluding hydrogens is 290 g/mol. The van der Waals surface area contributed by atoms with Crippen molar-refractivity contribution in [3.63, 3.8) is 0 Å². The molecule has 0 aliphatic rings. The highest BCUT2D eigenvalue weighted by Crippen LogP contribution is 2.35. The Bertz CT molecular complexity index is 638. The number of anilines is 1. The van der Waals surface area contributed by atoms with E-state index in [0.29, 0.717) is 12.3 Å². The third-order valence-electron chi connectivity index (χ3n) is 2.85. The minimum Gasteiger partial charge on any atom is -0.432 e. The van der Waals surface area contributed by atoms with E-state index in [1.807, 2.05) is 6.92 Å². The summed E-state index contributed by atoms with van der Waals surface area (Å²) in [5, 5.41) is 20.5. The second kappa shape index (κ2) is 7.27. The molecule has 0 aromatic carbocycles. The smallest absolute Gasteiger partial charge is 0.373 e. The molecule has 9 heteroatoms. The molecule has 0 aliphatic carbocycles. The van der Waals surface area contributed by atoms with Gasteiger partial charge in [0.15, 0.2) is 0 Å². The van der Waals surface area contributed by atoms with Crippen LogP contribution in [0.3, 0.4) is 0 Å². The minimum absolute atomic E-state index is 0.107. The number of hydrogen-bond acceptors (Lipinski definition) is 8. The average molecular weight is 305 g/mol. The first-order chi connectivity index (χ1) is 10.7. The van der Waals surface area contributed by atoms with Crippen molar-refractivity contribution in [1.82, 2.24) is 15.0 Å². The van der Waals surface area contributed by atoms with Gasteiger partial charge in [-0.05, 0) is 19.1 Å². The van der Waals surface area contributed by atoms with Crippen LogP contribution >= 0.6 is 0 Å². The van der Waals surface area contributed by atoms with E-state index >= 15 is 0 Å². The van der Waals surface area contributed by atoms with Crippen LogP contribution < -0.4 is 9.64 Å². The molecule has 0 unspecified atom stereocenters. The number of aliphatic hydroxyl groups is 1. The molecule has 9 nitrogen and oxygen atoms in total. The summed E-state index contributed by atoms with van der Waals surface area (Å²) in [6.45, 7) is 2.34. The lowest BCUT2D eigenvalue weighted by Gasteiger charge is -2.20. The molecule has 0 spiro atoms. The molecule has 0 bridgehead atoms. The third-order valence-corrected chi connectivity index (χ3v) is 2.85. The van der Waals surface area contributed by atoms with Gasteiger partial charge in [0, 0.05) is 19.3 Å². The van der Waals surface area contributed by atoms with E-state index in [1.54, 1.807) is 23.2 Å². The first-order valence-electron chi connectivity index (χ1n) is 6.60. The first-order valence-corrected chi connectivity index (χ1v) is 6.60. The molecule has 2 aromatic heterocycles. The quantitative estimate of drug-likeness (QED) is 0.603. The number of nitrogens with zero attached hydrogens (tertiary/aromatic N) is 5. The Balaban J connectivity index is 2.44. The van der Waals surface area contributed by atoms with Crippen molar-refractivity contribution >= 4 is 11.5 Å². The number of hydrogen-bond donors (Lipinski definition) is 1. The summed E-state index contributed by atoms with van der Waals surface area (Å²) in [5.74, 6) is 0.273. The molecular formula is C13H15N5O4. The standard InChI is InChI=1S/C13H15N5O4/c1-2-17(6-7-19)12-11(18(20)21)13(16-9-15-12)22-10-4-3-5-14-8-10/h3-5,8-9,19H,2,6-7H2,1H3. The van der Waals surface area contributed by atoms with Crippen LogP contribution in [-0.2, 0) is 0 Å². The van der Waals surface area contributed by atoms with Gasteiger partial charge in [0.25, 0.3) is 0 Å². The molecule has 0 saturated carbocycles. The van der Waals surface area contributed by atoms with Crippen LogP contribution in [0.15, 0.2) is 30.9 Å². The minimum atomic E-state index is -0.596. The molecule has 0 amide bonds. The first kappa shape index (κ1) is 15.6. The van der Waals surface area contributed by atoms with E-state index in [1.165, 1.54) is 12.5 Å².